The molecule has 0 aliphatic carbocycles. The highest BCUT2D eigenvalue weighted by molar-refractivity contribution is 5.92. The Balaban J connectivity index is 2.03. The Morgan fingerprint density at radius 2 is 2.15 bits per heavy atom. The third kappa shape index (κ3) is 3.55. The van der Waals surface area contributed by atoms with Gasteiger partial charge in [0.15, 0.2) is 11.4 Å². The van der Waals surface area contributed by atoms with Crippen molar-refractivity contribution in [3.63, 3.8) is 0 Å². The first kappa shape index (κ1) is 18.6. The molecule has 0 bridgehead atoms. The molecule has 3 aromatic rings. The van der Waals surface area contributed by atoms with Crippen LogP contribution in [-0.2, 0) is 6.54 Å². The molecule has 8 nitrogen and oxygen atoms in total. The fraction of sp³-hybridized carbons (Fsp3) is 0.368. The molecule has 0 saturated carbocycles. The van der Waals surface area contributed by atoms with Crippen LogP contribution in [0.4, 0.5) is 0 Å². The van der Waals surface area contributed by atoms with Crippen molar-refractivity contribution in [3.8, 4) is 5.75 Å². The average molecular weight is 369 g/mol. The van der Waals surface area contributed by atoms with E-state index in [0.717, 1.165) is 29.4 Å². The SMILES string of the molecule is CCCC(Cn1cc(O)c(=O)c(C(=O)NC)n1)n1cc(C)c2cccnc21. The van der Waals surface area contributed by atoms with Gasteiger partial charge in [-0.15, -0.1) is 0 Å². The van der Waals surface area contributed by atoms with Crippen molar-refractivity contribution in [2.24, 2.45) is 0 Å². The van der Waals surface area contributed by atoms with E-state index in [1.54, 1.807) is 6.20 Å². The van der Waals surface area contributed by atoms with E-state index < -0.39 is 17.1 Å². The maximum absolute atomic E-state index is 12.0. The largest absolute Gasteiger partial charge is 0.503 e. The van der Waals surface area contributed by atoms with Crippen LogP contribution < -0.4 is 10.7 Å². The number of hydrogen-bond acceptors (Lipinski definition) is 5. The second-order valence-electron chi connectivity index (χ2n) is 6.53. The molecule has 27 heavy (non-hydrogen) atoms. The number of amides is 1. The Bertz CT molecular complexity index is 1040. The summed E-state index contributed by atoms with van der Waals surface area (Å²) in [4.78, 5) is 28.4. The summed E-state index contributed by atoms with van der Waals surface area (Å²) in [5.41, 5.74) is 0.909. The fourth-order valence-corrected chi connectivity index (χ4v) is 3.28. The predicted molar refractivity (Wildman–Crippen MR) is 102 cm³/mol. The molecular formula is C19H23N5O3. The number of carbonyl (C=O) groups is 1. The van der Waals surface area contributed by atoms with Crippen LogP contribution in [0.3, 0.4) is 0 Å². The van der Waals surface area contributed by atoms with E-state index in [1.165, 1.54) is 17.9 Å². The third-order valence-corrected chi connectivity index (χ3v) is 4.59. The average Bonchev–Trinajstić information content (AvgIpc) is 3.00. The van der Waals surface area contributed by atoms with E-state index in [-0.39, 0.29) is 11.7 Å². The summed E-state index contributed by atoms with van der Waals surface area (Å²) in [6.07, 6.45) is 6.87. The summed E-state index contributed by atoms with van der Waals surface area (Å²) in [7, 11) is 1.41. The van der Waals surface area contributed by atoms with Gasteiger partial charge in [-0.1, -0.05) is 13.3 Å². The highest BCUT2D eigenvalue weighted by Crippen LogP contribution is 2.26. The van der Waals surface area contributed by atoms with Gasteiger partial charge in [0.1, 0.15) is 5.65 Å². The molecule has 0 aliphatic heterocycles. The first-order chi connectivity index (χ1) is 13.0. The van der Waals surface area contributed by atoms with Crippen molar-refractivity contribution in [1.82, 2.24) is 24.6 Å². The Kier molecular flexibility index (Phi) is 5.25. The zero-order valence-corrected chi connectivity index (χ0v) is 15.6. The van der Waals surface area contributed by atoms with E-state index >= 15 is 0 Å². The Labute approximate surface area is 156 Å². The zero-order chi connectivity index (χ0) is 19.6. The number of rotatable bonds is 6. The minimum Gasteiger partial charge on any atom is -0.503 e. The number of pyridine rings is 1. The summed E-state index contributed by atoms with van der Waals surface area (Å²) in [5.74, 6) is -1.12. The zero-order valence-electron chi connectivity index (χ0n) is 15.6. The van der Waals surface area contributed by atoms with Gasteiger partial charge in [-0.3, -0.25) is 14.3 Å². The lowest BCUT2D eigenvalue weighted by molar-refractivity contribution is 0.0953. The van der Waals surface area contributed by atoms with E-state index in [4.69, 9.17) is 0 Å². The highest BCUT2D eigenvalue weighted by atomic mass is 16.3. The van der Waals surface area contributed by atoms with Crippen molar-refractivity contribution < 1.29 is 9.90 Å². The van der Waals surface area contributed by atoms with Crippen LogP contribution in [0.2, 0.25) is 0 Å². The standard InChI is InChI=1S/C19H23N5O3/c1-4-6-13(24-9-12(2)14-7-5-8-21-18(14)24)10-23-11-15(25)17(26)16(22-23)19(27)20-3/h5,7-9,11,13,25H,4,6,10H2,1-3H3,(H,20,27). The molecule has 1 atom stereocenters. The number of nitrogens with zero attached hydrogens (tertiary/aromatic N) is 4. The Hall–Kier alpha value is -3.16. The molecule has 1 unspecified atom stereocenters. The monoisotopic (exact) mass is 369 g/mol. The van der Waals surface area contributed by atoms with Crippen molar-refractivity contribution in [2.45, 2.75) is 39.3 Å². The lowest BCUT2D eigenvalue weighted by atomic mass is 10.1. The molecule has 3 rings (SSSR count). The molecule has 0 aliphatic rings. The number of hydrogen-bond donors (Lipinski definition) is 2. The smallest absolute Gasteiger partial charge is 0.275 e. The Morgan fingerprint density at radius 3 is 2.85 bits per heavy atom. The minimum atomic E-state index is -0.776. The van der Waals surface area contributed by atoms with Gasteiger partial charge in [-0.2, -0.15) is 5.10 Å². The molecule has 3 heterocycles. The second-order valence-corrected chi connectivity index (χ2v) is 6.53. The van der Waals surface area contributed by atoms with Crippen LogP contribution in [0.1, 0.15) is 41.9 Å². The number of carbonyl (C=O) groups excluding carboxylic acids is 1. The normalized spacial score (nSPS) is 12.3. The first-order valence-corrected chi connectivity index (χ1v) is 8.91. The van der Waals surface area contributed by atoms with Crippen LogP contribution in [0, 0.1) is 6.92 Å². The topological polar surface area (TPSA) is 102 Å². The highest BCUT2D eigenvalue weighted by Gasteiger charge is 2.19. The van der Waals surface area contributed by atoms with Gasteiger partial charge in [0.2, 0.25) is 0 Å². The molecule has 0 aromatic carbocycles. The molecule has 1 amide bonds. The molecular weight excluding hydrogens is 346 g/mol. The van der Waals surface area contributed by atoms with Crippen LogP contribution in [0.5, 0.6) is 5.75 Å². The van der Waals surface area contributed by atoms with E-state index in [0.29, 0.717) is 6.54 Å². The predicted octanol–water partition coefficient (Wildman–Crippen LogP) is 2.01. The van der Waals surface area contributed by atoms with Crippen molar-refractivity contribution >= 4 is 16.9 Å². The van der Waals surface area contributed by atoms with Gasteiger partial charge < -0.3 is 15.0 Å². The number of fused-ring (bicyclic) bond motifs is 1. The molecule has 0 fully saturated rings. The van der Waals surface area contributed by atoms with Gasteiger partial charge in [-0.25, -0.2) is 4.98 Å². The Morgan fingerprint density at radius 1 is 1.37 bits per heavy atom. The summed E-state index contributed by atoms with van der Waals surface area (Å²) in [5, 5.41) is 17.5. The summed E-state index contributed by atoms with van der Waals surface area (Å²) < 4.78 is 3.55. The second kappa shape index (κ2) is 7.61. The summed E-state index contributed by atoms with van der Waals surface area (Å²) in [6, 6.07) is 3.95. The van der Waals surface area contributed by atoms with Crippen LogP contribution in [-0.4, -0.2) is 37.4 Å². The number of nitrogens with one attached hydrogen (secondary N) is 1. The van der Waals surface area contributed by atoms with Crippen molar-refractivity contribution in [2.75, 3.05) is 7.05 Å². The van der Waals surface area contributed by atoms with E-state index in [2.05, 4.69) is 33.1 Å². The summed E-state index contributed by atoms with van der Waals surface area (Å²) in [6.45, 7) is 4.52. The van der Waals surface area contributed by atoms with Crippen molar-refractivity contribution in [3.05, 3.63) is 52.2 Å². The van der Waals surface area contributed by atoms with Gasteiger partial charge in [0.25, 0.3) is 11.3 Å². The quantitative estimate of drug-likeness (QED) is 0.692. The molecule has 2 N–H and O–H groups in total. The fourth-order valence-electron chi connectivity index (χ4n) is 3.28. The van der Waals surface area contributed by atoms with Crippen molar-refractivity contribution in [1.29, 1.82) is 0 Å². The molecule has 3 aromatic heterocycles. The molecule has 0 spiro atoms. The van der Waals surface area contributed by atoms with E-state index in [9.17, 15) is 14.7 Å². The minimum absolute atomic E-state index is 0.00744. The first-order valence-electron chi connectivity index (χ1n) is 8.91. The van der Waals surface area contributed by atoms with Crippen LogP contribution in [0.25, 0.3) is 11.0 Å². The molecule has 0 radical (unpaired) electrons. The van der Waals surface area contributed by atoms with Gasteiger partial charge in [0.05, 0.1) is 18.8 Å². The number of aryl methyl sites for hydroxylation is 1. The maximum atomic E-state index is 12.0. The van der Waals surface area contributed by atoms with Crippen LogP contribution in [0.15, 0.2) is 35.5 Å². The third-order valence-electron chi connectivity index (χ3n) is 4.59. The maximum Gasteiger partial charge on any atom is 0.275 e. The summed E-state index contributed by atoms with van der Waals surface area (Å²) >= 11 is 0. The lowest BCUT2D eigenvalue weighted by Gasteiger charge is -2.20. The molecule has 142 valence electrons. The van der Waals surface area contributed by atoms with Gasteiger partial charge in [0, 0.05) is 24.8 Å². The van der Waals surface area contributed by atoms with Gasteiger partial charge in [-0.05, 0) is 31.0 Å². The number of aromatic nitrogens is 4. The molecule has 0 saturated heterocycles. The molecule has 8 heteroatoms. The lowest BCUT2D eigenvalue weighted by Crippen LogP contribution is -2.30. The van der Waals surface area contributed by atoms with Gasteiger partial charge >= 0.3 is 0 Å². The van der Waals surface area contributed by atoms with E-state index in [1.807, 2.05) is 19.1 Å². The number of aromatic hydroxyl groups is 1. The van der Waals surface area contributed by atoms with Crippen LogP contribution >= 0.6 is 0 Å².